The average molecular weight is 326 g/mol. The van der Waals surface area contributed by atoms with Crippen molar-refractivity contribution in [1.29, 1.82) is 0 Å². The Bertz CT molecular complexity index is 522. The van der Waals surface area contributed by atoms with E-state index in [1.54, 1.807) is 24.1 Å². The zero-order chi connectivity index (χ0) is 17.5. The van der Waals surface area contributed by atoms with Crippen LogP contribution in [0.15, 0.2) is 12.3 Å². The second-order valence-corrected chi connectivity index (χ2v) is 6.36. The number of aliphatic hydroxyl groups excluding tert-OH is 1. The van der Waals surface area contributed by atoms with E-state index in [-0.39, 0.29) is 12.0 Å². The Kier molecular flexibility index (Phi) is 7.18. The topological polar surface area (TPSA) is 105 Å². The Morgan fingerprint density at radius 1 is 1.39 bits per heavy atom. The number of methoxy groups -OCH3 is 1. The standard InChI is InChI=1S/C15H26N4O4/c1-15(2,3)11(20)10-16-13(21)14(22)17-12-6-8-19(18-12)7-5-9-23-4/h6,8,11,20H,5,7,9-10H2,1-4H3,(H,16,21)(H,17,18,22). The molecule has 0 saturated heterocycles. The molecule has 1 rings (SSSR count). The minimum absolute atomic E-state index is 0.0151. The monoisotopic (exact) mass is 326 g/mol. The first-order valence-electron chi connectivity index (χ1n) is 7.53. The maximum Gasteiger partial charge on any atom is 0.314 e. The number of nitrogens with zero attached hydrogens (tertiary/aromatic N) is 2. The summed E-state index contributed by atoms with van der Waals surface area (Å²) in [6.45, 7) is 6.84. The first-order chi connectivity index (χ1) is 10.7. The van der Waals surface area contributed by atoms with Gasteiger partial charge >= 0.3 is 11.8 Å². The molecule has 8 heteroatoms. The van der Waals surface area contributed by atoms with Gasteiger partial charge in [0.25, 0.3) is 0 Å². The van der Waals surface area contributed by atoms with Gasteiger partial charge in [0.1, 0.15) is 0 Å². The molecule has 0 aliphatic carbocycles. The number of aromatic nitrogens is 2. The van der Waals surface area contributed by atoms with Crippen LogP contribution in [0.25, 0.3) is 0 Å². The van der Waals surface area contributed by atoms with Gasteiger partial charge in [-0.1, -0.05) is 20.8 Å². The Balaban J connectivity index is 2.42. The molecule has 8 nitrogen and oxygen atoms in total. The van der Waals surface area contributed by atoms with Gasteiger partial charge in [-0.25, -0.2) is 0 Å². The summed E-state index contributed by atoms with van der Waals surface area (Å²) in [6.07, 6.45) is 1.78. The molecule has 0 spiro atoms. The van der Waals surface area contributed by atoms with Crippen molar-refractivity contribution in [1.82, 2.24) is 15.1 Å². The molecule has 1 heterocycles. The molecule has 1 atom stereocenters. The largest absolute Gasteiger partial charge is 0.391 e. The highest BCUT2D eigenvalue weighted by molar-refractivity contribution is 6.39. The molecule has 3 N–H and O–H groups in total. The van der Waals surface area contributed by atoms with E-state index in [9.17, 15) is 14.7 Å². The lowest BCUT2D eigenvalue weighted by atomic mass is 9.89. The van der Waals surface area contributed by atoms with Gasteiger partial charge in [0, 0.05) is 39.1 Å². The molecule has 0 fully saturated rings. The molecule has 0 aliphatic heterocycles. The van der Waals surface area contributed by atoms with Crippen LogP contribution in [0.1, 0.15) is 27.2 Å². The predicted octanol–water partition coefficient (Wildman–Crippen LogP) is 0.381. The Hall–Kier alpha value is -1.93. The van der Waals surface area contributed by atoms with E-state index >= 15 is 0 Å². The number of anilines is 1. The number of hydrogen-bond donors (Lipinski definition) is 3. The van der Waals surface area contributed by atoms with Crippen molar-refractivity contribution in [2.24, 2.45) is 5.41 Å². The third-order valence-corrected chi connectivity index (χ3v) is 3.28. The van der Waals surface area contributed by atoms with Crippen LogP contribution in [0.5, 0.6) is 0 Å². The van der Waals surface area contributed by atoms with Gasteiger partial charge in [0.05, 0.1) is 6.10 Å². The second kappa shape index (κ2) is 8.64. The molecule has 2 amide bonds. The van der Waals surface area contributed by atoms with Crippen molar-refractivity contribution >= 4 is 17.6 Å². The van der Waals surface area contributed by atoms with E-state index < -0.39 is 17.9 Å². The van der Waals surface area contributed by atoms with E-state index in [1.807, 2.05) is 20.8 Å². The van der Waals surface area contributed by atoms with Gasteiger partial charge in [-0.05, 0) is 11.8 Å². The summed E-state index contributed by atoms with van der Waals surface area (Å²) in [4.78, 5) is 23.5. The third-order valence-electron chi connectivity index (χ3n) is 3.28. The van der Waals surface area contributed by atoms with Crippen LogP contribution in [0.4, 0.5) is 5.82 Å². The molecule has 0 bridgehead atoms. The van der Waals surface area contributed by atoms with Crippen molar-refractivity contribution in [3.05, 3.63) is 12.3 Å². The SMILES string of the molecule is COCCCn1ccc(NC(=O)C(=O)NCC(O)C(C)(C)C)n1. The van der Waals surface area contributed by atoms with Crippen molar-refractivity contribution in [2.45, 2.75) is 39.8 Å². The smallest absolute Gasteiger partial charge is 0.314 e. The van der Waals surface area contributed by atoms with Gasteiger partial charge < -0.3 is 20.5 Å². The highest BCUT2D eigenvalue weighted by Crippen LogP contribution is 2.18. The quantitative estimate of drug-likeness (QED) is 0.496. The third kappa shape index (κ3) is 6.79. The summed E-state index contributed by atoms with van der Waals surface area (Å²) in [6, 6.07) is 1.61. The highest BCUT2D eigenvalue weighted by atomic mass is 16.5. The van der Waals surface area contributed by atoms with Gasteiger partial charge in [-0.3, -0.25) is 14.3 Å². The summed E-state index contributed by atoms with van der Waals surface area (Å²) < 4.78 is 6.61. The van der Waals surface area contributed by atoms with Crippen LogP contribution in [-0.2, 0) is 20.9 Å². The van der Waals surface area contributed by atoms with E-state index in [1.165, 1.54) is 0 Å². The van der Waals surface area contributed by atoms with Crippen molar-refractivity contribution in [2.75, 3.05) is 25.6 Å². The Morgan fingerprint density at radius 3 is 2.70 bits per heavy atom. The number of ether oxygens (including phenoxy) is 1. The molecule has 1 aromatic rings. The lowest BCUT2D eigenvalue weighted by Gasteiger charge is -2.25. The second-order valence-electron chi connectivity index (χ2n) is 6.36. The fourth-order valence-corrected chi connectivity index (χ4v) is 1.67. The maximum absolute atomic E-state index is 11.8. The van der Waals surface area contributed by atoms with Crippen LogP contribution in [0.2, 0.25) is 0 Å². The van der Waals surface area contributed by atoms with E-state index in [4.69, 9.17) is 4.74 Å². The molecule has 130 valence electrons. The molecule has 1 aromatic heterocycles. The van der Waals surface area contributed by atoms with Crippen molar-refractivity contribution < 1.29 is 19.4 Å². The number of rotatable bonds is 7. The number of aliphatic hydroxyl groups is 1. The Morgan fingerprint density at radius 2 is 2.09 bits per heavy atom. The van der Waals surface area contributed by atoms with E-state index in [0.717, 1.165) is 6.42 Å². The predicted molar refractivity (Wildman–Crippen MR) is 85.8 cm³/mol. The number of nitrogens with one attached hydrogen (secondary N) is 2. The van der Waals surface area contributed by atoms with Crippen LogP contribution in [-0.4, -0.2) is 53.1 Å². The molecule has 23 heavy (non-hydrogen) atoms. The molecule has 0 saturated carbocycles. The molecule has 0 aliphatic rings. The number of carbonyl (C=O) groups excluding carboxylic acids is 2. The fraction of sp³-hybridized carbons (Fsp3) is 0.667. The lowest BCUT2D eigenvalue weighted by Crippen LogP contribution is -2.43. The minimum Gasteiger partial charge on any atom is -0.391 e. The van der Waals surface area contributed by atoms with Crippen LogP contribution in [0.3, 0.4) is 0 Å². The summed E-state index contributed by atoms with van der Waals surface area (Å²) in [7, 11) is 1.63. The summed E-state index contributed by atoms with van der Waals surface area (Å²) in [5.41, 5.74) is -0.370. The number of carbonyl (C=O) groups is 2. The maximum atomic E-state index is 11.8. The summed E-state index contributed by atoms with van der Waals surface area (Å²) in [5.74, 6) is -1.31. The lowest BCUT2D eigenvalue weighted by molar-refractivity contribution is -0.136. The van der Waals surface area contributed by atoms with Gasteiger partial charge in [-0.2, -0.15) is 5.10 Å². The van der Waals surface area contributed by atoms with Gasteiger partial charge in [0.15, 0.2) is 5.82 Å². The molecular formula is C15H26N4O4. The Labute approximate surface area is 136 Å². The first-order valence-corrected chi connectivity index (χ1v) is 7.53. The van der Waals surface area contributed by atoms with Crippen LogP contribution >= 0.6 is 0 Å². The summed E-state index contributed by atoms with van der Waals surface area (Å²) >= 11 is 0. The van der Waals surface area contributed by atoms with E-state index in [2.05, 4.69) is 15.7 Å². The van der Waals surface area contributed by atoms with Crippen molar-refractivity contribution in [3.8, 4) is 0 Å². The summed E-state index contributed by atoms with van der Waals surface area (Å²) in [5, 5.41) is 18.8. The first kappa shape index (κ1) is 19.1. The highest BCUT2D eigenvalue weighted by Gasteiger charge is 2.24. The zero-order valence-corrected chi connectivity index (χ0v) is 14.1. The van der Waals surface area contributed by atoms with Gasteiger partial charge in [0.2, 0.25) is 0 Å². The minimum atomic E-state index is -0.812. The average Bonchev–Trinajstić information content (AvgIpc) is 2.91. The molecule has 0 radical (unpaired) electrons. The number of hydrogen-bond acceptors (Lipinski definition) is 5. The molecular weight excluding hydrogens is 300 g/mol. The number of aryl methyl sites for hydroxylation is 1. The van der Waals surface area contributed by atoms with Gasteiger partial charge in [-0.15, -0.1) is 0 Å². The van der Waals surface area contributed by atoms with E-state index in [0.29, 0.717) is 19.0 Å². The van der Waals surface area contributed by atoms with Crippen LogP contribution in [0, 0.1) is 5.41 Å². The molecule has 0 aromatic carbocycles. The van der Waals surface area contributed by atoms with Crippen LogP contribution < -0.4 is 10.6 Å². The van der Waals surface area contributed by atoms with Crippen molar-refractivity contribution in [3.63, 3.8) is 0 Å². The normalized spacial score (nSPS) is 12.7. The zero-order valence-electron chi connectivity index (χ0n) is 14.1. The fourth-order valence-electron chi connectivity index (χ4n) is 1.67. The number of amides is 2. The molecule has 1 unspecified atom stereocenters.